The number of anilines is 1. The Balaban J connectivity index is 1.25. The molecule has 2 aromatic rings. The van der Waals surface area contributed by atoms with Crippen LogP contribution in [0.15, 0.2) is 16.7 Å². The number of hydrogen-bond acceptors (Lipinski definition) is 6. The average molecular weight is 401 g/mol. The predicted octanol–water partition coefficient (Wildman–Crippen LogP) is 3.19. The van der Waals surface area contributed by atoms with Gasteiger partial charge in [0.2, 0.25) is 11.8 Å². The minimum absolute atomic E-state index is 0.0589. The number of oxazole rings is 1. The predicted molar refractivity (Wildman–Crippen MR) is 104 cm³/mol. The summed E-state index contributed by atoms with van der Waals surface area (Å²) in [6.45, 7) is 3.84. The van der Waals surface area contributed by atoms with E-state index in [0.29, 0.717) is 17.5 Å². The first kappa shape index (κ1) is 19.5. The number of alkyl carbamates (subject to hydrolysis) is 1. The van der Waals surface area contributed by atoms with Crippen molar-refractivity contribution in [3.63, 3.8) is 0 Å². The maximum absolute atomic E-state index is 12.1. The minimum Gasteiger partial charge on any atom is -0.446 e. The van der Waals surface area contributed by atoms with Gasteiger partial charge in [-0.1, -0.05) is 0 Å². The van der Waals surface area contributed by atoms with Crippen molar-refractivity contribution in [1.82, 2.24) is 20.5 Å². The Morgan fingerprint density at radius 2 is 2.21 bits per heavy atom. The number of carbonyl (C=O) groups is 2. The topological polar surface area (TPSA) is 122 Å². The van der Waals surface area contributed by atoms with Crippen LogP contribution in [-0.4, -0.2) is 38.8 Å². The Morgan fingerprint density at radius 1 is 1.38 bits per heavy atom. The smallest absolute Gasteiger partial charge is 0.407 e. The molecule has 2 aromatic heterocycles. The molecule has 2 aliphatic carbocycles. The lowest BCUT2D eigenvalue weighted by Crippen LogP contribution is -2.51. The van der Waals surface area contributed by atoms with Gasteiger partial charge in [-0.2, -0.15) is 5.10 Å². The molecule has 2 amide bonds. The van der Waals surface area contributed by atoms with E-state index in [0.717, 1.165) is 44.2 Å². The van der Waals surface area contributed by atoms with Gasteiger partial charge < -0.3 is 19.8 Å². The molecule has 0 unspecified atom stereocenters. The van der Waals surface area contributed by atoms with Gasteiger partial charge in [0.25, 0.3) is 0 Å². The molecule has 9 nitrogen and oxygen atoms in total. The van der Waals surface area contributed by atoms with Gasteiger partial charge in [0.15, 0.2) is 5.82 Å². The van der Waals surface area contributed by atoms with Gasteiger partial charge in [-0.05, 0) is 52.4 Å². The Hall–Kier alpha value is -2.84. The summed E-state index contributed by atoms with van der Waals surface area (Å²) < 4.78 is 10.9. The first-order valence-electron chi connectivity index (χ1n) is 10.1. The van der Waals surface area contributed by atoms with Gasteiger partial charge in [0.1, 0.15) is 18.3 Å². The standard InChI is InChI=1S/C20H27N5O4/c1-12-11-21-18(28-12)10-17(26)22-16-9-15(24-25-16)13-4-5-14(8-13)29-19(27)23-20(2)6-3-7-20/h9,11,13-14H,3-8,10H2,1-2H3,(H,23,27)(H2,22,24,25,26)/t13-,14+/m0/s1. The highest BCUT2D eigenvalue weighted by atomic mass is 16.6. The maximum atomic E-state index is 12.1. The lowest BCUT2D eigenvalue weighted by molar-refractivity contribution is -0.115. The summed E-state index contributed by atoms with van der Waals surface area (Å²) in [6.07, 6.45) is 6.86. The SMILES string of the molecule is Cc1cnc(CC(=O)Nc2cc([C@H]3CC[C@@H](OC(=O)NC4(C)CCC4)C3)[nH]n2)o1. The van der Waals surface area contributed by atoms with Crippen molar-refractivity contribution < 1.29 is 18.7 Å². The molecule has 2 atom stereocenters. The number of ether oxygens (including phenoxy) is 1. The zero-order chi connectivity index (χ0) is 20.4. The second-order valence-corrected chi connectivity index (χ2v) is 8.37. The molecule has 0 aromatic carbocycles. The average Bonchev–Trinajstić information content (AvgIpc) is 3.35. The summed E-state index contributed by atoms with van der Waals surface area (Å²) in [4.78, 5) is 28.2. The highest BCUT2D eigenvalue weighted by Crippen LogP contribution is 2.36. The van der Waals surface area contributed by atoms with Crippen LogP contribution in [0.25, 0.3) is 0 Å². The van der Waals surface area contributed by atoms with Crippen molar-refractivity contribution in [2.75, 3.05) is 5.32 Å². The largest absolute Gasteiger partial charge is 0.446 e. The minimum atomic E-state index is -0.322. The van der Waals surface area contributed by atoms with Crippen LogP contribution in [0.5, 0.6) is 0 Å². The number of carbonyl (C=O) groups excluding carboxylic acids is 2. The summed E-state index contributed by atoms with van der Waals surface area (Å²) >= 11 is 0. The molecule has 3 N–H and O–H groups in total. The van der Waals surface area contributed by atoms with E-state index < -0.39 is 0 Å². The van der Waals surface area contributed by atoms with E-state index in [-0.39, 0.29) is 36.0 Å². The Morgan fingerprint density at radius 3 is 2.90 bits per heavy atom. The van der Waals surface area contributed by atoms with Gasteiger partial charge in [-0.3, -0.25) is 9.89 Å². The van der Waals surface area contributed by atoms with Crippen LogP contribution in [0.4, 0.5) is 10.6 Å². The van der Waals surface area contributed by atoms with Gasteiger partial charge >= 0.3 is 6.09 Å². The van der Waals surface area contributed by atoms with Crippen LogP contribution in [0.2, 0.25) is 0 Å². The Bertz CT molecular complexity index is 885. The van der Waals surface area contributed by atoms with E-state index >= 15 is 0 Å². The highest BCUT2D eigenvalue weighted by Gasteiger charge is 2.35. The lowest BCUT2D eigenvalue weighted by atomic mass is 9.79. The Labute approximate surface area is 169 Å². The quantitative estimate of drug-likeness (QED) is 0.683. The number of nitrogens with one attached hydrogen (secondary N) is 3. The fourth-order valence-corrected chi connectivity index (χ4v) is 4.01. The van der Waals surface area contributed by atoms with E-state index in [1.807, 2.05) is 6.07 Å². The molecule has 0 saturated heterocycles. The van der Waals surface area contributed by atoms with Crippen molar-refractivity contribution in [1.29, 1.82) is 0 Å². The molecule has 0 radical (unpaired) electrons. The molecular formula is C20H27N5O4. The summed E-state index contributed by atoms with van der Waals surface area (Å²) in [5, 5.41) is 12.9. The second kappa shape index (κ2) is 7.88. The van der Waals surface area contributed by atoms with E-state index in [1.54, 1.807) is 13.1 Å². The molecule has 0 aliphatic heterocycles. The van der Waals surface area contributed by atoms with Crippen molar-refractivity contribution >= 4 is 17.8 Å². The molecule has 2 saturated carbocycles. The van der Waals surface area contributed by atoms with Gasteiger partial charge in [-0.25, -0.2) is 9.78 Å². The fraction of sp³-hybridized carbons (Fsp3) is 0.600. The summed E-state index contributed by atoms with van der Waals surface area (Å²) in [5.41, 5.74) is 0.833. The van der Waals surface area contributed by atoms with Crippen LogP contribution < -0.4 is 10.6 Å². The second-order valence-electron chi connectivity index (χ2n) is 8.37. The fourth-order valence-electron chi connectivity index (χ4n) is 4.01. The van der Waals surface area contributed by atoms with Crippen LogP contribution in [-0.2, 0) is 16.0 Å². The monoisotopic (exact) mass is 401 g/mol. The molecule has 29 heavy (non-hydrogen) atoms. The van der Waals surface area contributed by atoms with Gasteiger partial charge in [0.05, 0.1) is 6.20 Å². The number of rotatable bonds is 6. The van der Waals surface area contributed by atoms with E-state index in [4.69, 9.17) is 9.15 Å². The zero-order valence-corrected chi connectivity index (χ0v) is 16.8. The van der Waals surface area contributed by atoms with E-state index in [1.165, 1.54) is 0 Å². The third-order valence-corrected chi connectivity index (χ3v) is 5.81. The van der Waals surface area contributed by atoms with Crippen molar-refractivity contribution in [3.05, 3.63) is 29.6 Å². The van der Waals surface area contributed by atoms with Crippen molar-refractivity contribution in [3.8, 4) is 0 Å². The van der Waals surface area contributed by atoms with E-state index in [2.05, 4.69) is 32.7 Å². The number of hydrogen-bond donors (Lipinski definition) is 3. The first-order chi connectivity index (χ1) is 13.9. The number of aromatic nitrogens is 3. The molecule has 2 heterocycles. The summed E-state index contributed by atoms with van der Waals surface area (Å²) in [5.74, 6) is 1.50. The third kappa shape index (κ3) is 4.78. The molecule has 4 rings (SSSR count). The molecule has 0 spiro atoms. The maximum Gasteiger partial charge on any atom is 0.407 e. The highest BCUT2D eigenvalue weighted by molar-refractivity contribution is 5.90. The normalized spacial score (nSPS) is 22.7. The molecule has 2 fully saturated rings. The summed E-state index contributed by atoms with van der Waals surface area (Å²) in [6, 6.07) is 1.83. The van der Waals surface area contributed by atoms with Crippen LogP contribution >= 0.6 is 0 Å². The van der Waals surface area contributed by atoms with Crippen LogP contribution in [0, 0.1) is 6.92 Å². The van der Waals surface area contributed by atoms with E-state index in [9.17, 15) is 9.59 Å². The van der Waals surface area contributed by atoms with Crippen molar-refractivity contribution in [2.24, 2.45) is 0 Å². The molecular weight excluding hydrogens is 374 g/mol. The molecule has 0 bridgehead atoms. The number of H-pyrrole nitrogens is 1. The first-order valence-corrected chi connectivity index (χ1v) is 10.1. The molecule has 156 valence electrons. The molecule has 2 aliphatic rings. The lowest BCUT2D eigenvalue weighted by Gasteiger charge is -2.38. The van der Waals surface area contributed by atoms with Gasteiger partial charge in [-0.15, -0.1) is 0 Å². The van der Waals surface area contributed by atoms with Gasteiger partial charge in [0, 0.05) is 23.2 Å². The molecule has 9 heteroatoms. The number of amides is 2. The van der Waals surface area contributed by atoms with Crippen LogP contribution in [0.3, 0.4) is 0 Å². The Kier molecular flexibility index (Phi) is 5.29. The van der Waals surface area contributed by atoms with Crippen LogP contribution in [0.1, 0.15) is 68.7 Å². The number of nitrogens with zero attached hydrogens (tertiary/aromatic N) is 2. The zero-order valence-electron chi connectivity index (χ0n) is 16.8. The number of aryl methyl sites for hydroxylation is 1. The third-order valence-electron chi connectivity index (χ3n) is 5.81. The van der Waals surface area contributed by atoms with Crippen molar-refractivity contribution in [2.45, 2.75) is 76.4 Å². The summed E-state index contributed by atoms with van der Waals surface area (Å²) in [7, 11) is 0. The number of aromatic amines is 1.